The molecule has 0 amide bonds. The van der Waals surface area contributed by atoms with Crippen molar-refractivity contribution in [2.24, 2.45) is 5.73 Å². The molecule has 0 bridgehead atoms. The number of hydrogen-bond acceptors (Lipinski definition) is 3. The maximum absolute atomic E-state index is 6.18. The van der Waals surface area contributed by atoms with Crippen LogP contribution in [0.3, 0.4) is 0 Å². The highest BCUT2D eigenvalue weighted by molar-refractivity contribution is 7.98. The molecule has 0 fully saturated rings. The van der Waals surface area contributed by atoms with Gasteiger partial charge in [0.2, 0.25) is 0 Å². The molecule has 4 heteroatoms. The van der Waals surface area contributed by atoms with Gasteiger partial charge in [0.25, 0.3) is 0 Å². The van der Waals surface area contributed by atoms with Crippen LogP contribution in [-0.4, -0.2) is 37.0 Å². The number of thioether (sulfide) groups is 1. The average Bonchev–Trinajstić information content (AvgIpc) is 2.37. The third-order valence-electron chi connectivity index (χ3n) is 3.01. The van der Waals surface area contributed by atoms with Crippen molar-refractivity contribution >= 4 is 23.4 Å². The Hall–Kier alpha value is -0.220. The molecule has 0 saturated heterocycles. The molecular weight excluding hydrogens is 264 g/mol. The lowest BCUT2D eigenvalue weighted by atomic mass is 10.0. The predicted molar refractivity (Wildman–Crippen MR) is 83.5 cm³/mol. The van der Waals surface area contributed by atoms with E-state index in [9.17, 15) is 0 Å². The standard InChI is InChI=1S/C14H23ClN2S/c1-17(9-5-11-18-2)10-8-14(16)12-6-3-4-7-13(12)15/h3-4,6-7,14H,5,8-11,16H2,1-2H3. The molecule has 18 heavy (non-hydrogen) atoms. The second kappa shape index (κ2) is 8.81. The Bertz CT molecular complexity index is 346. The van der Waals surface area contributed by atoms with E-state index in [1.54, 1.807) is 0 Å². The monoisotopic (exact) mass is 286 g/mol. The molecule has 1 unspecified atom stereocenters. The van der Waals surface area contributed by atoms with Crippen molar-refractivity contribution in [3.8, 4) is 0 Å². The van der Waals surface area contributed by atoms with Gasteiger partial charge in [-0.1, -0.05) is 29.8 Å². The Balaban J connectivity index is 2.32. The van der Waals surface area contributed by atoms with Crippen LogP contribution in [0.5, 0.6) is 0 Å². The average molecular weight is 287 g/mol. The van der Waals surface area contributed by atoms with Gasteiger partial charge < -0.3 is 10.6 Å². The Kier molecular flexibility index (Phi) is 7.75. The summed E-state index contributed by atoms with van der Waals surface area (Å²) in [6.45, 7) is 2.15. The van der Waals surface area contributed by atoms with Gasteiger partial charge in [-0.25, -0.2) is 0 Å². The van der Waals surface area contributed by atoms with Gasteiger partial charge in [0.1, 0.15) is 0 Å². The van der Waals surface area contributed by atoms with Crippen molar-refractivity contribution in [1.82, 2.24) is 4.90 Å². The van der Waals surface area contributed by atoms with Crippen LogP contribution in [0.4, 0.5) is 0 Å². The molecule has 102 valence electrons. The zero-order valence-electron chi connectivity index (χ0n) is 11.2. The summed E-state index contributed by atoms with van der Waals surface area (Å²) in [4.78, 5) is 2.34. The maximum Gasteiger partial charge on any atom is 0.0453 e. The Morgan fingerprint density at radius 3 is 2.72 bits per heavy atom. The van der Waals surface area contributed by atoms with Gasteiger partial charge in [-0.15, -0.1) is 0 Å². The lowest BCUT2D eigenvalue weighted by molar-refractivity contribution is 0.320. The van der Waals surface area contributed by atoms with Crippen LogP contribution in [0.15, 0.2) is 24.3 Å². The Labute approximate surface area is 120 Å². The lowest BCUT2D eigenvalue weighted by Crippen LogP contribution is -2.25. The molecule has 1 atom stereocenters. The minimum atomic E-state index is 0.0294. The number of halogens is 1. The van der Waals surface area contributed by atoms with E-state index in [2.05, 4.69) is 18.2 Å². The molecule has 0 aliphatic carbocycles. The quantitative estimate of drug-likeness (QED) is 0.743. The van der Waals surface area contributed by atoms with Crippen LogP contribution in [0, 0.1) is 0 Å². The van der Waals surface area contributed by atoms with Gasteiger partial charge in [-0.2, -0.15) is 11.8 Å². The van der Waals surface area contributed by atoms with Crippen molar-refractivity contribution in [1.29, 1.82) is 0 Å². The number of rotatable bonds is 8. The van der Waals surface area contributed by atoms with E-state index in [1.807, 2.05) is 36.0 Å². The Morgan fingerprint density at radius 1 is 1.33 bits per heavy atom. The molecule has 2 nitrogen and oxygen atoms in total. The first-order chi connectivity index (χ1) is 8.65. The molecule has 1 aromatic rings. The highest BCUT2D eigenvalue weighted by atomic mass is 35.5. The highest BCUT2D eigenvalue weighted by Gasteiger charge is 2.10. The SMILES string of the molecule is CSCCCN(C)CCC(N)c1ccccc1Cl. The first kappa shape index (κ1) is 15.8. The summed E-state index contributed by atoms with van der Waals surface area (Å²) in [7, 11) is 2.15. The second-order valence-corrected chi connectivity index (χ2v) is 5.96. The maximum atomic E-state index is 6.18. The smallest absolute Gasteiger partial charge is 0.0453 e. The van der Waals surface area contributed by atoms with Crippen molar-refractivity contribution in [2.45, 2.75) is 18.9 Å². The van der Waals surface area contributed by atoms with Gasteiger partial charge in [0.05, 0.1) is 0 Å². The minimum Gasteiger partial charge on any atom is -0.324 e. The summed E-state index contributed by atoms with van der Waals surface area (Å²) in [6, 6.07) is 7.87. The first-order valence-electron chi connectivity index (χ1n) is 6.32. The van der Waals surface area contributed by atoms with Crippen LogP contribution in [-0.2, 0) is 0 Å². The third kappa shape index (κ3) is 5.61. The van der Waals surface area contributed by atoms with Gasteiger partial charge in [0.15, 0.2) is 0 Å². The molecule has 0 spiro atoms. The van der Waals surface area contributed by atoms with Crippen LogP contribution in [0.1, 0.15) is 24.4 Å². The largest absolute Gasteiger partial charge is 0.324 e. The van der Waals surface area contributed by atoms with Gasteiger partial charge in [-0.05, 0) is 56.6 Å². The van der Waals surface area contributed by atoms with Crippen LogP contribution >= 0.6 is 23.4 Å². The molecule has 1 aromatic carbocycles. The highest BCUT2D eigenvalue weighted by Crippen LogP contribution is 2.23. The van der Waals surface area contributed by atoms with E-state index in [4.69, 9.17) is 17.3 Å². The van der Waals surface area contributed by atoms with Gasteiger partial charge in [0, 0.05) is 11.1 Å². The van der Waals surface area contributed by atoms with Crippen LogP contribution in [0.2, 0.25) is 5.02 Å². The summed E-state index contributed by atoms with van der Waals surface area (Å²) in [6.07, 6.45) is 4.33. The van der Waals surface area contributed by atoms with Crippen LogP contribution in [0.25, 0.3) is 0 Å². The van der Waals surface area contributed by atoms with Crippen molar-refractivity contribution in [3.05, 3.63) is 34.9 Å². The Morgan fingerprint density at radius 2 is 2.06 bits per heavy atom. The summed E-state index contributed by atoms with van der Waals surface area (Å²) < 4.78 is 0. The van der Waals surface area contributed by atoms with Crippen molar-refractivity contribution in [3.63, 3.8) is 0 Å². The van der Waals surface area contributed by atoms with Gasteiger partial charge >= 0.3 is 0 Å². The zero-order chi connectivity index (χ0) is 13.4. The minimum absolute atomic E-state index is 0.0294. The van der Waals surface area contributed by atoms with E-state index in [-0.39, 0.29) is 6.04 Å². The fourth-order valence-corrected chi connectivity index (χ4v) is 2.58. The zero-order valence-corrected chi connectivity index (χ0v) is 12.8. The molecule has 0 radical (unpaired) electrons. The predicted octanol–water partition coefficient (Wildman–Crippen LogP) is 3.41. The molecule has 0 saturated carbocycles. The molecule has 0 heterocycles. The molecule has 0 aromatic heterocycles. The second-order valence-electron chi connectivity index (χ2n) is 4.57. The van der Waals surface area contributed by atoms with E-state index >= 15 is 0 Å². The summed E-state index contributed by atoms with van der Waals surface area (Å²) in [5.41, 5.74) is 7.24. The first-order valence-corrected chi connectivity index (χ1v) is 8.09. The van der Waals surface area contributed by atoms with Crippen molar-refractivity contribution in [2.75, 3.05) is 32.1 Å². The normalized spacial score (nSPS) is 12.9. The molecular formula is C14H23ClN2S. The number of hydrogen-bond donors (Lipinski definition) is 1. The van der Waals surface area contributed by atoms with Crippen molar-refractivity contribution < 1.29 is 0 Å². The summed E-state index contributed by atoms with van der Waals surface area (Å²) in [5.74, 6) is 1.22. The lowest BCUT2D eigenvalue weighted by Gasteiger charge is -2.20. The fraction of sp³-hybridized carbons (Fsp3) is 0.571. The molecule has 0 aliphatic heterocycles. The molecule has 2 N–H and O–H groups in total. The number of benzene rings is 1. The number of nitrogens with two attached hydrogens (primary N) is 1. The van der Waals surface area contributed by atoms with E-state index < -0.39 is 0 Å². The molecule has 0 aliphatic rings. The van der Waals surface area contributed by atoms with E-state index in [0.717, 1.165) is 30.1 Å². The van der Waals surface area contributed by atoms with E-state index in [1.165, 1.54) is 12.2 Å². The van der Waals surface area contributed by atoms with E-state index in [0.29, 0.717) is 0 Å². The van der Waals surface area contributed by atoms with Gasteiger partial charge in [-0.3, -0.25) is 0 Å². The summed E-state index contributed by atoms with van der Waals surface area (Å²) in [5, 5.41) is 0.773. The molecule has 1 rings (SSSR count). The topological polar surface area (TPSA) is 29.3 Å². The summed E-state index contributed by atoms with van der Waals surface area (Å²) >= 11 is 8.04. The third-order valence-corrected chi connectivity index (χ3v) is 4.06. The number of nitrogens with zero attached hydrogens (tertiary/aromatic N) is 1. The fourth-order valence-electron chi connectivity index (χ4n) is 1.88. The van der Waals surface area contributed by atoms with Crippen LogP contribution < -0.4 is 5.73 Å².